The Kier molecular flexibility index (Phi) is 3.74. The number of carbonyl (C=O) groups is 1. The zero-order valence-electron chi connectivity index (χ0n) is 8.02. The summed E-state index contributed by atoms with van der Waals surface area (Å²) in [6.07, 6.45) is 1.38. The number of ketones is 1. The van der Waals surface area contributed by atoms with E-state index in [0.29, 0.717) is 24.8 Å². The van der Waals surface area contributed by atoms with Crippen molar-refractivity contribution >= 4 is 5.78 Å². The van der Waals surface area contributed by atoms with Gasteiger partial charge in [-0.05, 0) is 43.5 Å². The molecule has 0 unspecified atom stereocenters. The first kappa shape index (κ1) is 10.8. The minimum Gasteiger partial charge on any atom is -0.300 e. The molecule has 0 amide bonds. The van der Waals surface area contributed by atoms with E-state index >= 15 is 0 Å². The van der Waals surface area contributed by atoms with Crippen LogP contribution in [0, 0.1) is 11.6 Å². The number of hydrogen-bond donors (Lipinski definition) is 0. The van der Waals surface area contributed by atoms with Crippen LogP contribution in [0.25, 0.3) is 0 Å². The first-order valence-electron chi connectivity index (χ1n) is 4.53. The highest BCUT2D eigenvalue weighted by Gasteiger charge is 2.04. The van der Waals surface area contributed by atoms with Gasteiger partial charge in [0, 0.05) is 6.42 Å². The van der Waals surface area contributed by atoms with Gasteiger partial charge >= 0.3 is 0 Å². The lowest BCUT2D eigenvalue weighted by molar-refractivity contribution is -0.117. The Morgan fingerprint density at radius 2 is 2.07 bits per heavy atom. The minimum atomic E-state index is -0.441. The number of benzene rings is 1. The highest BCUT2D eigenvalue weighted by molar-refractivity contribution is 5.75. The molecule has 14 heavy (non-hydrogen) atoms. The summed E-state index contributed by atoms with van der Waals surface area (Å²) in [5.74, 6) is -0.777. The summed E-state index contributed by atoms with van der Waals surface area (Å²) in [5.41, 5.74) is 0.339. The molecule has 0 aliphatic rings. The van der Waals surface area contributed by atoms with Crippen molar-refractivity contribution in [3.8, 4) is 0 Å². The Balaban J connectivity index is 2.57. The predicted octanol–water partition coefficient (Wildman–Crippen LogP) is 2.88. The van der Waals surface area contributed by atoms with E-state index in [9.17, 15) is 13.6 Å². The van der Waals surface area contributed by atoms with Crippen molar-refractivity contribution in [1.29, 1.82) is 0 Å². The van der Waals surface area contributed by atoms with Crippen molar-refractivity contribution in [1.82, 2.24) is 0 Å². The van der Waals surface area contributed by atoms with E-state index in [1.807, 2.05) is 0 Å². The fourth-order valence-corrected chi connectivity index (χ4v) is 1.26. The molecule has 0 radical (unpaired) electrons. The average Bonchev–Trinajstić information content (AvgIpc) is 2.10. The molecule has 3 heteroatoms. The van der Waals surface area contributed by atoms with Crippen LogP contribution in [0.15, 0.2) is 18.2 Å². The van der Waals surface area contributed by atoms with Crippen LogP contribution in [-0.4, -0.2) is 5.78 Å². The molecule has 1 aromatic rings. The van der Waals surface area contributed by atoms with Gasteiger partial charge in [0.05, 0.1) is 0 Å². The van der Waals surface area contributed by atoms with Crippen molar-refractivity contribution in [2.45, 2.75) is 26.2 Å². The summed E-state index contributed by atoms with van der Waals surface area (Å²) in [7, 11) is 0. The topological polar surface area (TPSA) is 17.1 Å². The highest BCUT2D eigenvalue weighted by Crippen LogP contribution is 2.12. The van der Waals surface area contributed by atoms with Crippen LogP contribution in [0.1, 0.15) is 25.3 Å². The lowest BCUT2D eigenvalue weighted by Gasteiger charge is -2.01. The van der Waals surface area contributed by atoms with E-state index in [1.165, 1.54) is 13.0 Å². The van der Waals surface area contributed by atoms with Crippen LogP contribution < -0.4 is 0 Å². The molecule has 0 aromatic heterocycles. The number of carbonyl (C=O) groups excluding carboxylic acids is 1. The van der Waals surface area contributed by atoms with Crippen molar-refractivity contribution < 1.29 is 13.6 Å². The second kappa shape index (κ2) is 4.84. The van der Waals surface area contributed by atoms with Crippen molar-refractivity contribution in [2.75, 3.05) is 0 Å². The van der Waals surface area contributed by atoms with E-state index in [2.05, 4.69) is 0 Å². The molecule has 0 aliphatic heterocycles. The van der Waals surface area contributed by atoms with Crippen molar-refractivity contribution in [3.63, 3.8) is 0 Å². The minimum absolute atomic E-state index is 0.0711. The summed E-state index contributed by atoms with van der Waals surface area (Å²) in [5, 5.41) is 0. The van der Waals surface area contributed by atoms with Gasteiger partial charge < -0.3 is 4.79 Å². The molecular weight excluding hydrogens is 186 g/mol. The molecule has 0 heterocycles. The second-order valence-electron chi connectivity index (χ2n) is 3.29. The van der Waals surface area contributed by atoms with E-state index in [1.54, 1.807) is 0 Å². The maximum Gasteiger partial charge on any atom is 0.129 e. The van der Waals surface area contributed by atoms with E-state index in [0.717, 1.165) is 12.1 Å². The molecule has 0 aliphatic carbocycles. The van der Waals surface area contributed by atoms with Crippen molar-refractivity contribution in [3.05, 3.63) is 35.4 Å². The lowest BCUT2D eigenvalue weighted by atomic mass is 10.1. The molecule has 0 bridgehead atoms. The Morgan fingerprint density at radius 3 is 2.71 bits per heavy atom. The molecule has 0 saturated carbocycles. The normalized spacial score (nSPS) is 10.2. The molecule has 0 fully saturated rings. The molecule has 1 aromatic carbocycles. The smallest absolute Gasteiger partial charge is 0.129 e. The predicted molar refractivity (Wildman–Crippen MR) is 50.0 cm³/mol. The highest BCUT2D eigenvalue weighted by atomic mass is 19.1. The molecule has 0 atom stereocenters. The van der Waals surface area contributed by atoms with Crippen LogP contribution in [0.2, 0.25) is 0 Å². The molecule has 76 valence electrons. The van der Waals surface area contributed by atoms with E-state index in [-0.39, 0.29) is 5.78 Å². The fraction of sp³-hybridized carbons (Fsp3) is 0.364. The maximum absolute atomic E-state index is 13.0. The van der Waals surface area contributed by atoms with Crippen molar-refractivity contribution in [2.24, 2.45) is 0 Å². The van der Waals surface area contributed by atoms with E-state index < -0.39 is 11.6 Å². The molecule has 0 N–H and O–H groups in total. The van der Waals surface area contributed by atoms with Gasteiger partial charge in [-0.3, -0.25) is 0 Å². The Morgan fingerprint density at radius 1 is 1.36 bits per heavy atom. The number of halogens is 2. The largest absolute Gasteiger partial charge is 0.300 e. The summed E-state index contributed by atoms with van der Waals surface area (Å²) >= 11 is 0. The standard InChI is InChI=1S/C11H12F2O/c1-8(14)3-2-4-9-7-10(12)5-6-11(9)13/h5-7H,2-4H2,1H3. The summed E-state index contributed by atoms with van der Waals surface area (Å²) in [4.78, 5) is 10.6. The van der Waals surface area contributed by atoms with Gasteiger partial charge in [0.15, 0.2) is 0 Å². The fourth-order valence-electron chi connectivity index (χ4n) is 1.26. The van der Waals surface area contributed by atoms with Crippen LogP contribution in [0.5, 0.6) is 0 Å². The maximum atomic E-state index is 13.0. The van der Waals surface area contributed by atoms with Gasteiger partial charge in [0.1, 0.15) is 17.4 Å². The van der Waals surface area contributed by atoms with E-state index in [4.69, 9.17) is 0 Å². The Bertz CT molecular complexity index is 334. The third-order valence-electron chi connectivity index (χ3n) is 1.98. The summed E-state index contributed by atoms with van der Waals surface area (Å²) in [6.45, 7) is 1.49. The van der Waals surface area contributed by atoms with Gasteiger partial charge in [0.25, 0.3) is 0 Å². The van der Waals surface area contributed by atoms with Crippen LogP contribution in [-0.2, 0) is 11.2 Å². The van der Waals surface area contributed by atoms with Gasteiger partial charge in [-0.1, -0.05) is 0 Å². The van der Waals surface area contributed by atoms with Gasteiger partial charge in [-0.15, -0.1) is 0 Å². The number of hydrogen-bond acceptors (Lipinski definition) is 1. The SMILES string of the molecule is CC(=O)CCCc1cc(F)ccc1F. The molecule has 0 saturated heterocycles. The van der Waals surface area contributed by atoms with Crippen LogP contribution in [0.4, 0.5) is 8.78 Å². The first-order chi connectivity index (χ1) is 6.59. The summed E-state index contributed by atoms with van der Waals surface area (Å²) in [6, 6.07) is 3.37. The number of aryl methyl sites for hydroxylation is 1. The zero-order chi connectivity index (χ0) is 10.6. The first-order valence-corrected chi connectivity index (χ1v) is 4.53. The third-order valence-corrected chi connectivity index (χ3v) is 1.98. The average molecular weight is 198 g/mol. The van der Waals surface area contributed by atoms with Gasteiger partial charge in [0.2, 0.25) is 0 Å². The third kappa shape index (κ3) is 3.24. The summed E-state index contributed by atoms with van der Waals surface area (Å²) < 4.78 is 25.7. The van der Waals surface area contributed by atoms with Gasteiger partial charge in [-0.25, -0.2) is 8.78 Å². The Labute approximate surface area is 81.7 Å². The number of Topliss-reactive ketones (excluding diaryl/α,β-unsaturated/α-hetero) is 1. The molecular formula is C11H12F2O. The lowest BCUT2D eigenvalue weighted by Crippen LogP contribution is -1.95. The molecule has 1 rings (SSSR count). The quantitative estimate of drug-likeness (QED) is 0.727. The number of rotatable bonds is 4. The molecule has 1 nitrogen and oxygen atoms in total. The van der Waals surface area contributed by atoms with Gasteiger partial charge in [-0.2, -0.15) is 0 Å². The van der Waals surface area contributed by atoms with Crippen LogP contribution in [0.3, 0.4) is 0 Å². The zero-order valence-corrected chi connectivity index (χ0v) is 8.02. The second-order valence-corrected chi connectivity index (χ2v) is 3.29. The monoisotopic (exact) mass is 198 g/mol. The van der Waals surface area contributed by atoms with Crippen LogP contribution >= 0.6 is 0 Å². The Hall–Kier alpha value is -1.25. The molecule has 0 spiro atoms.